The van der Waals surface area contributed by atoms with E-state index < -0.39 is 0 Å². The summed E-state index contributed by atoms with van der Waals surface area (Å²) in [6.07, 6.45) is 0. The van der Waals surface area contributed by atoms with E-state index in [1.807, 2.05) is 11.4 Å². The number of nitriles is 1. The van der Waals surface area contributed by atoms with Gasteiger partial charge in [-0.1, -0.05) is 0 Å². The van der Waals surface area contributed by atoms with Gasteiger partial charge in [0.1, 0.15) is 17.3 Å². The quantitative estimate of drug-likeness (QED) is 0.647. The summed E-state index contributed by atoms with van der Waals surface area (Å²) < 4.78 is 5.97. The molecule has 0 unspecified atom stereocenters. The van der Waals surface area contributed by atoms with Gasteiger partial charge in [-0.05, 0) is 11.4 Å². The minimum absolute atomic E-state index is 0.215. The van der Waals surface area contributed by atoms with Crippen molar-refractivity contribution in [2.75, 3.05) is 5.73 Å². The number of furan rings is 1. The van der Waals surface area contributed by atoms with E-state index in [0.29, 0.717) is 11.3 Å². The van der Waals surface area contributed by atoms with Crippen LogP contribution in [0.25, 0.3) is 10.3 Å². The maximum absolute atomic E-state index is 8.52. The van der Waals surface area contributed by atoms with Crippen LogP contribution in [0.2, 0.25) is 0 Å². The van der Waals surface area contributed by atoms with Gasteiger partial charge in [0.25, 0.3) is 0 Å². The fourth-order valence-corrected chi connectivity index (χ4v) is 1.70. The summed E-state index contributed by atoms with van der Waals surface area (Å²) >= 11 is 1.48. The molecule has 11 heavy (non-hydrogen) atoms. The Kier molecular flexibility index (Phi) is 1.14. The van der Waals surface area contributed by atoms with Crippen LogP contribution in [0.5, 0.6) is 0 Å². The molecule has 0 aromatic carbocycles. The molecule has 54 valence electrons. The van der Waals surface area contributed by atoms with Gasteiger partial charge in [-0.2, -0.15) is 5.26 Å². The third kappa shape index (κ3) is 0.717. The standard InChI is InChI=1S/C7H4N2OS/c8-3-5-6(9)7-4(10-5)1-2-11-7/h1-2H,9H2. The highest BCUT2D eigenvalue weighted by molar-refractivity contribution is 7.17. The van der Waals surface area contributed by atoms with E-state index in [1.165, 1.54) is 11.3 Å². The number of nitrogens with zero attached hydrogens (tertiary/aromatic N) is 1. The average Bonchev–Trinajstić information content (AvgIpc) is 2.53. The van der Waals surface area contributed by atoms with Crippen molar-refractivity contribution in [2.45, 2.75) is 0 Å². The number of nitrogen functional groups attached to an aromatic ring is 1. The van der Waals surface area contributed by atoms with Crippen molar-refractivity contribution in [3.05, 3.63) is 17.2 Å². The third-order valence-electron chi connectivity index (χ3n) is 1.43. The first kappa shape index (κ1) is 6.25. The first-order valence-electron chi connectivity index (χ1n) is 2.98. The Bertz CT molecular complexity index is 435. The SMILES string of the molecule is N#Cc1oc2ccsc2c1N. The van der Waals surface area contributed by atoms with Crippen molar-refractivity contribution in [3.8, 4) is 6.07 Å². The van der Waals surface area contributed by atoms with E-state index in [-0.39, 0.29) is 5.76 Å². The first-order chi connectivity index (χ1) is 5.33. The minimum Gasteiger partial charge on any atom is -0.442 e. The van der Waals surface area contributed by atoms with Crippen LogP contribution in [-0.2, 0) is 0 Å². The Morgan fingerprint density at radius 3 is 3.09 bits per heavy atom. The monoisotopic (exact) mass is 164 g/mol. The Morgan fingerprint density at radius 1 is 1.64 bits per heavy atom. The molecule has 0 aliphatic rings. The lowest BCUT2D eigenvalue weighted by atomic mass is 10.4. The van der Waals surface area contributed by atoms with E-state index in [1.54, 1.807) is 6.07 Å². The Balaban J connectivity index is 2.90. The topological polar surface area (TPSA) is 63.0 Å². The maximum atomic E-state index is 8.52. The second-order valence-electron chi connectivity index (χ2n) is 2.07. The number of fused-ring (bicyclic) bond motifs is 1. The van der Waals surface area contributed by atoms with Gasteiger partial charge in [0.05, 0.1) is 4.70 Å². The van der Waals surface area contributed by atoms with Crippen LogP contribution in [0.3, 0.4) is 0 Å². The lowest BCUT2D eigenvalue weighted by Crippen LogP contribution is -1.82. The van der Waals surface area contributed by atoms with Crippen LogP contribution in [0.1, 0.15) is 5.76 Å². The normalized spacial score (nSPS) is 10.1. The zero-order valence-electron chi connectivity index (χ0n) is 5.50. The summed E-state index contributed by atoms with van der Waals surface area (Å²) in [7, 11) is 0. The molecule has 0 bridgehead atoms. The number of hydrogen-bond donors (Lipinski definition) is 1. The van der Waals surface area contributed by atoms with Gasteiger partial charge in [0.15, 0.2) is 0 Å². The van der Waals surface area contributed by atoms with Gasteiger partial charge in [-0.25, -0.2) is 0 Å². The minimum atomic E-state index is 0.215. The van der Waals surface area contributed by atoms with Crippen LogP contribution in [-0.4, -0.2) is 0 Å². The highest BCUT2D eigenvalue weighted by atomic mass is 32.1. The van der Waals surface area contributed by atoms with E-state index in [9.17, 15) is 0 Å². The third-order valence-corrected chi connectivity index (χ3v) is 2.36. The molecule has 0 aliphatic heterocycles. The van der Waals surface area contributed by atoms with E-state index in [0.717, 1.165) is 4.70 Å². The highest BCUT2D eigenvalue weighted by Crippen LogP contribution is 2.31. The molecule has 3 nitrogen and oxygen atoms in total. The van der Waals surface area contributed by atoms with Crippen molar-refractivity contribution >= 4 is 27.3 Å². The first-order valence-corrected chi connectivity index (χ1v) is 3.86. The number of anilines is 1. The van der Waals surface area contributed by atoms with Crippen molar-refractivity contribution in [2.24, 2.45) is 0 Å². The molecule has 0 aliphatic carbocycles. The molecule has 2 N–H and O–H groups in total. The zero-order chi connectivity index (χ0) is 7.84. The highest BCUT2D eigenvalue weighted by Gasteiger charge is 2.10. The van der Waals surface area contributed by atoms with Gasteiger partial charge in [0, 0.05) is 0 Å². The molecule has 2 aromatic heterocycles. The lowest BCUT2D eigenvalue weighted by Gasteiger charge is -1.80. The Hall–Kier alpha value is -1.47. The summed E-state index contributed by atoms with van der Waals surface area (Å²) in [5.74, 6) is 0.215. The van der Waals surface area contributed by atoms with Gasteiger partial charge in [-0.15, -0.1) is 11.3 Å². The Morgan fingerprint density at radius 2 is 2.45 bits per heavy atom. The molecular weight excluding hydrogens is 160 g/mol. The number of thiophene rings is 1. The van der Waals surface area contributed by atoms with Crippen LogP contribution in [0.4, 0.5) is 5.69 Å². The largest absolute Gasteiger partial charge is 0.442 e. The molecule has 2 heterocycles. The molecule has 4 heteroatoms. The molecule has 0 spiro atoms. The molecular formula is C7H4N2OS. The summed E-state index contributed by atoms with van der Waals surface area (Å²) in [6.45, 7) is 0. The molecule has 0 radical (unpaired) electrons. The molecule has 0 saturated heterocycles. The second kappa shape index (κ2) is 2.01. The lowest BCUT2D eigenvalue weighted by molar-refractivity contribution is 0.601. The van der Waals surface area contributed by atoms with E-state index >= 15 is 0 Å². The van der Waals surface area contributed by atoms with Crippen LogP contribution < -0.4 is 5.73 Å². The summed E-state index contributed by atoms with van der Waals surface area (Å²) in [6, 6.07) is 3.69. The van der Waals surface area contributed by atoms with Gasteiger partial charge >= 0.3 is 0 Å². The summed E-state index contributed by atoms with van der Waals surface area (Å²) in [5, 5.41) is 10.4. The van der Waals surface area contributed by atoms with Crippen molar-refractivity contribution in [3.63, 3.8) is 0 Å². The van der Waals surface area contributed by atoms with E-state index in [2.05, 4.69) is 0 Å². The fraction of sp³-hybridized carbons (Fsp3) is 0. The zero-order valence-corrected chi connectivity index (χ0v) is 6.31. The molecule has 0 saturated carbocycles. The molecule has 0 atom stereocenters. The smallest absolute Gasteiger partial charge is 0.228 e. The second-order valence-corrected chi connectivity index (χ2v) is 2.99. The van der Waals surface area contributed by atoms with Crippen molar-refractivity contribution in [1.29, 1.82) is 5.26 Å². The van der Waals surface area contributed by atoms with Gasteiger partial charge in [0.2, 0.25) is 5.76 Å². The molecule has 0 fully saturated rings. The number of rotatable bonds is 0. The van der Waals surface area contributed by atoms with Crippen LogP contribution in [0.15, 0.2) is 15.9 Å². The van der Waals surface area contributed by atoms with Crippen LogP contribution in [0, 0.1) is 11.3 Å². The maximum Gasteiger partial charge on any atom is 0.228 e. The van der Waals surface area contributed by atoms with Gasteiger partial charge in [-0.3, -0.25) is 0 Å². The molecule has 0 amide bonds. The van der Waals surface area contributed by atoms with Gasteiger partial charge < -0.3 is 10.2 Å². The molecule has 2 rings (SSSR count). The predicted molar refractivity (Wildman–Crippen MR) is 43.2 cm³/mol. The average molecular weight is 164 g/mol. The van der Waals surface area contributed by atoms with E-state index in [4.69, 9.17) is 15.4 Å². The fourth-order valence-electron chi connectivity index (χ4n) is 0.925. The van der Waals surface area contributed by atoms with Crippen molar-refractivity contribution in [1.82, 2.24) is 0 Å². The number of nitrogens with two attached hydrogens (primary N) is 1. The summed E-state index contributed by atoms with van der Waals surface area (Å²) in [5.41, 5.74) is 6.74. The number of hydrogen-bond acceptors (Lipinski definition) is 4. The Labute approximate surface area is 66.6 Å². The predicted octanol–water partition coefficient (Wildman–Crippen LogP) is 1.95. The summed E-state index contributed by atoms with van der Waals surface area (Å²) in [4.78, 5) is 0. The van der Waals surface area contributed by atoms with Crippen LogP contribution >= 0.6 is 11.3 Å². The molecule has 2 aromatic rings. The van der Waals surface area contributed by atoms with Crippen molar-refractivity contribution < 1.29 is 4.42 Å².